The molecule has 0 unspecified atom stereocenters. The molecule has 47 heavy (non-hydrogen) atoms. The zero-order chi connectivity index (χ0) is 33.1. The van der Waals surface area contributed by atoms with E-state index in [0.29, 0.717) is 17.1 Å². The van der Waals surface area contributed by atoms with Crippen molar-refractivity contribution in [2.24, 2.45) is 11.3 Å². The summed E-state index contributed by atoms with van der Waals surface area (Å²) in [5.41, 5.74) is -0.307. The highest BCUT2D eigenvalue weighted by atomic mass is 19.4. The molecule has 0 radical (unpaired) electrons. The van der Waals surface area contributed by atoms with Gasteiger partial charge in [0.15, 0.2) is 11.3 Å². The Morgan fingerprint density at radius 3 is 2.57 bits per heavy atom. The molecular weight excluding hydrogens is 633 g/mol. The van der Waals surface area contributed by atoms with E-state index in [9.17, 15) is 31.5 Å². The van der Waals surface area contributed by atoms with Crippen LogP contribution in [-0.4, -0.2) is 65.1 Å². The van der Waals surface area contributed by atoms with Gasteiger partial charge in [0, 0.05) is 25.2 Å². The molecular formula is C29H30F5N9O4. The minimum atomic E-state index is -4.66. The Bertz CT molecular complexity index is 1810. The molecule has 18 heteroatoms. The summed E-state index contributed by atoms with van der Waals surface area (Å²) in [5, 5.41) is 24.6. The van der Waals surface area contributed by atoms with Crippen molar-refractivity contribution in [1.82, 2.24) is 45.7 Å². The second-order valence-corrected chi connectivity index (χ2v) is 12.9. The van der Waals surface area contributed by atoms with Crippen molar-refractivity contribution in [2.75, 3.05) is 0 Å². The number of aryl methyl sites for hydroxylation is 1. The molecule has 4 aromatic rings. The van der Waals surface area contributed by atoms with Crippen LogP contribution in [-0.2, 0) is 17.6 Å². The maximum absolute atomic E-state index is 14.0. The van der Waals surface area contributed by atoms with Crippen LogP contribution in [0, 0.1) is 18.3 Å². The number of nitrogens with zero attached hydrogens (tertiary/aromatic N) is 7. The largest absolute Gasteiger partial charge is 0.425 e. The van der Waals surface area contributed by atoms with Crippen LogP contribution in [0.2, 0.25) is 0 Å². The van der Waals surface area contributed by atoms with Gasteiger partial charge in [0.25, 0.3) is 5.91 Å². The highest BCUT2D eigenvalue weighted by molar-refractivity contribution is 5.93. The lowest BCUT2D eigenvalue weighted by atomic mass is 9.76. The van der Waals surface area contributed by atoms with Crippen LogP contribution < -0.4 is 10.6 Å². The second kappa shape index (κ2) is 11.3. The summed E-state index contributed by atoms with van der Waals surface area (Å²) in [6, 6.07) is -1.25. The van der Waals surface area contributed by atoms with Crippen molar-refractivity contribution >= 4 is 17.5 Å². The summed E-state index contributed by atoms with van der Waals surface area (Å²) < 4.78 is 81.2. The fraction of sp³-hybridized carbons (Fsp3) is 0.586. The molecule has 0 bridgehead atoms. The van der Waals surface area contributed by atoms with Crippen LogP contribution in [0.3, 0.4) is 0 Å². The average molecular weight is 664 g/mol. The lowest BCUT2D eigenvalue weighted by molar-refractivity contribution is -0.155. The fourth-order valence-corrected chi connectivity index (χ4v) is 6.58. The highest BCUT2D eigenvalue weighted by Crippen LogP contribution is 2.44. The molecule has 5 heterocycles. The molecule has 1 aliphatic heterocycles. The van der Waals surface area contributed by atoms with E-state index in [1.54, 1.807) is 12.3 Å². The van der Waals surface area contributed by atoms with Crippen molar-refractivity contribution in [2.45, 2.75) is 94.8 Å². The van der Waals surface area contributed by atoms with Crippen molar-refractivity contribution < 1.29 is 40.6 Å². The molecule has 13 nitrogen and oxygen atoms in total. The quantitative estimate of drug-likeness (QED) is 0.248. The minimum Gasteiger partial charge on any atom is -0.425 e. The molecule has 3 aliphatic rings. The SMILES string of the molecule is Cc1nonc1C(=O)N[C@H](c1cn2ncc(C[C@@]3(Cc4nnc(C5CC5)o4)C[C@@H](C(F)(F)F)NC3=O)cc2n1)C1CCC(F)(F)CC1. The molecule has 3 atom stereocenters. The van der Waals surface area contributed by atoms with E-state index < -0.39 is 47.8 Å². The summed E-state index contributed by atoms with van der Waals surface area (Å²) in [6.45, 7) is 1.54. The van der Waals surface area contributed by atoms with Crippen LogP contribution >= 0.6 is 0 Å². The molecule has 0 spiro atoms. The summed E-state index contributed by atoms with van der Waals surface area (Å²) in [7, 11) is 0. The number of hydrogen-bond donors (Lipinski definition) is 2. The number of fused-ring (bicyclic) bond motifs is 1. The Balaban J connectivity index is 1.18. The van der Waals surface area contributed by atoms with Gasteiger partial charge in [0.1, 0.15) is 11.7 Å². The van der Waals surface area contributed by atoms with Gasteiger partial charge in [0.2, 0.25) is 23.6 Å². The zero-order valence-electron chi connectivity index (χ0n) is 25.1. The molecule has 2 aliphatic carbocycles. The van der Waals surface area contributed by atoms with Gasteiger partial charge in [-0.2, -0.15) is 18.3 Å². The van der Waals surface area contributed by atoms with Crippen LogP contribution in [0.4, 0.5) is 22.0 Å². The number of nitrogens with one attached hydrogen (secondary N) is 2. The Kier molecular flexibility index (Phi) is 7.50. The lowest BCUT2D eigenvalue weighted by Crippen LogP contribution is -2.39. The fourth-order valence-electron chi connectivity index (χ4n) is 6.58. The topological polar surface area (TPSA) is 166 Å². The number of hydrogen-bond acceptors (Lipinski definition) is 10. The van der Waals surface area contributed by atoms with Crippen molar-refractivity contribution in [1.29, 1.82) is 0 Å². The summed E-state index contributed by atoms with van der Waals surface area (Å²) in [5.74, 6) is -3.97. The molecule has 7 rings (SSSR count). The van der Waals surface area contributed by atoms with Gasteiger partial charge in [-0.3, -0.25) is 9.59 Å². The van der Waals surface area contributed by atoms with E-state index >= 15 is 0 Å². The first-order valence-electron chi connectivity index (χ1n) is 15.3. The average Bonchev–Trinajstić information content (AvgIpc) is 3.29. The van der Waals surface area contributed by atoms with Gasteiger partial charge in [-0.1, -0.05) is 5.16 Å². The summed E-state index contributed by atoms with van der Waals surface area (Å²) in [6.07, 6.45) is -1.24. The number of carbonyl (C=O) groups excluding carboxylic acids is 2. The van der Waals surface area contributed by atoms with Crippen LogP contribution in [0.15, 0.2) is 27.5 Å². The Morgan fingerprint density at radius 2 is 1.91 bits per heavy atom. The first-order chi connectivity index (χ1) is 22.3. The van der Waals surface area contributed by atoms with Gasteiger partial charge >= 0.3 is 6.18 Å². The molecule has 3 fully saturated rings. The molecule has 0 aromatic carbocycles. The standard InChI is InChI=1S/C29H30F5N9O4/c1-14-22(42-47-41-14)24(44)38-23(16-4-6-28(30,31)7-5-16)18-13-43-20(36-18)8-15(12-35-43)9-27(10-19(29(32,33)34)37-26(27)45)11-21-39-40-25(46-21)17-2-3-17/h8,12-13,16-17,19,23H,2-7,9-11H2,1H3,(H,37,45)(H,38,44)/t19-,23-,27-/m0/s1. The van der Waals surface area contributed by atoms with Gasteiger partial charge in [-0.05, 0) is 68.2 Å². The van der Waals surface area contributed by atoms with E-state index in [4.69, 9.17) is 4.42 Å². The molecule has 2 N–H and O–H groups in total. The third-order valence-electron chi connectivity index (χ3n) is 9.32. The third-order valence-corrected chi connectivity index (χ3v) is 9.32. The van der Waals surface area contributed by atoms with Gasteiger partial charge in [-0.25, -0.2) is 22.9 Å². The van der Waals surface area contributed by atoms with Crippen molar-refractivity contribution in [3.63, 3.8) is 0 Å². The van der Waals surface area contributed by atoms with Crippen molar-refractivity contribution in [3.05, 3.63) is 52.9 Å². The maximum Gasteiger partial charge on any atom is 0.408 e. The number of amides is 2. The zero-order valence-corrected chi connectivity index (χ0v) is 25.1. The predicted molar refractivity (Wildman–Crippen MR) is 148 cm³/mol. The number of halogens is 5. The van der Waals surface area contributed by atoms with E-state index in [1.807, 2.05) is 0 Å². The highest BCUT2D eigenvalue weighted by Gasteiger charge is 2.56. The smallest absolute Gasteiger partial charge is 0.408 e. The number of imidazole rings is 1. The van der Waals surface area contributed by atoms with Crippen LogP contribution in [0.1, 0.15) is 96.1 Å². The van der Waals surface area contributed by atoms with E-state index in [2.05, 4.69) is 45.9 Å². The van der Waals surface area contributed by atoms with Gasteiger partial charge in [0.05, 0.1) is 29.5 Å². The van der Waals surface area contributed by atoms with Crippen LogP contribution in [0.5, 0.6) is 0 Å². The number of carbonyl (C=O) groups is 2. The molecule has 2 saturated carbocycles. The first kappa shape index (κ1) is 31.1. The molecule has 2 amide bonds. The van der Waals surface area contributed by atoms with Gasteiger partial charge in [-0.15, -0.1) is 10.2 Å². The normalized spacial score (nSPS) is 24.0. The Labute approximate surface area is 263 Å². The first-order valence-corrected chi connectivity index (χ1v) is 15.3. The van der Waals surface area contributed by atoms with Crippen LogP contribution in [0.25, 0.3) is 5.65 Å². The maximum atomic E-state index is 14.0. The second-order valence-electron chi connectivity index (χ2n) is 12.9. The summed E-state index contributed by atoms with van der Waals surface area (Å²) in [4.78, 5) is 31.0. The molecule has 4 aromatic heterocycles. The monoisotopic (exact) mass is 663 g/mol. The lowest BCUT2D eigenvalue weighted by Gasteiger charge is -2.33. The number of aromatic nitrogens is 7. The Hall–Kier alpha value is -4.51. The van der Waals surface area contributed by atoms with Gasteiger partial charge < -0.3 is 15.1 Å². The van der Waals surface area contributed by atoms with Crippen molar-refractivity contribution in [3.8, 4) is 0 Å². The molecule has 250 valence electrons. The summed E-state index contributed by atoms with van der Waals surface area (Å²) >= 11 is 0. The predicted octanol–water partition coefficient (Wildman–Crippen LogP) is 4.20. The number of rotatable bonds is 9. The van der Waals surface area contributed by atoms with E-state index in [-0.39, 0.29) is 73.3 Å². The molecule has 1 saturated heterocycles. The minimum absolute atomic E-state index is 0.0527. The Morgan fingerprint density at radius 1 is 1.15 bits per heavy atom. The number of alkyl halides is 5. The third kappa shape index (κ3) is 6.28. The van der Waals surface area contributed by atoms with E-state index in [0.717, 1.165) is 12.8 Å². The van der Waals surface area contributed by atoms with E-state index in [1.165, 1.54) is 17.6 Å².